The number of carbonyl (C=O) groups is 1. The molecule has 0 rings (SSSR count). The van der Waals surface area contributed by atoms with Gasteiger partial charge in [-0.25, -0.2) is 4.79 Å². The fraction of sp³-hybridized carbons (Fsp3) is 0.667. The third-order valence-electron chi connectivity index (χ3n) is 1.03. The first-order valence-electron chi connectivity index (χ1n) is 3.43. The van der Waals surface area contributed by atoms with Gasteiger partial charge in [-0.3, -0.25) is 4.18 Å². The fourth-order valence-corrected chi connectivity index (χ4v) is 0.839. The fourth-order valence-electron chi connectivity index (χ4n) is 0.513. The molecule has 8 heteroatoms. The summed E-state index contributed by atoms with van der Waals surface area (Å²) in [5, 5.41) is 3.25. The van der Waals surface area contributed by atoms with Crippen LogP contribution in [-0.2, 0) is 28.7 Å². The normalized spacial score (nSPS) is 12.4. The van der Waals surface area contributed by atoms with Crippen molar-refractivity contribution in [2.75, 3.05) is 27.1 Å². The van der Waals surface area contributed by atoms with Crippen molar-refractivity contribution in [3.8, 4) is 0 Å². The molecule has 0 N–H and O–H groups in total. The summed E-state index contributed by atoms with van der Waals surface area (Å²) in [6, 6.07) is 0. The molecule has 0 aliphatic rings. The second-order valence-electron chi connectivity index (χ2n) is 2.18. The highest BCUT2D eigenvalue weighted by molar-refractivity contribution is 7.86. The topological polar surface area (TPSA) is 91.3 Å². The zero-order valence-electron chi connectivity index (χ0n) is 8.01. The van der Waals surface area contributed by atoms with Gasteiger partial charge in [-0.2, -0.15) is 8.42 Å². The van der Waals surface area contributed by atoms with Crippen molar-refractivity contribution in [1.29, 1.82) is 0 Å². The number of rotatable bonds is 5. The van der Waals surface area contributed by atoms with Crippen LogP contribution in [0.15, 0.2) is 5.16 Å². The van der Waals surface area contributed by atoms with E-state index in [9.17, 15) is 13.2 Å². The molecule has 0 aromatic rings. The van der Waals surface area contributed by atoms with Gasteiger partial charge >= 0.3 is 5.97 Å². The van der Waals surface area contributed by atoms with Gasteiger partial charge in [0.2, 0.25) is 0 Å². The zero-order chi connectivity index (χ0) is 11.2. The second-order valence-corrected chi connectivity index (χ2v) is 3.82. The Bertz CT molecular complexity index is 319. The molecule has 0 heterocycles. The Morgan fingerprint density at radius 1 is 1.36 bits per heavy atom. The van der Waals surface area contributed by atoms with E-state index in [2.05, 4.69) is 18.9 Å². The Hall–Kier alpha value is -1.15. The maximum Gasteiger partial charge on any atom is 0.358 e. The first kappa shape index (κ1) is 12.8. The molecular weight excluding hydrogens is 214 g/mol. The summed E-state index contributed by atoms with van der Waals surface area (Å²) in [4.78, 5) is 15.2. The molecular formula is C6H11NO6S. The van der Waals surface area contributed by atoms with E-state index in [1.54, 1.807) is 0 Å². The number of nitrogens with zero attached hydrogens (tertiary/aromatic N) is 1. The van der Waals surface area contributed by atoms with Crippen LogP contribution in [0.5, 0.6) is 0 Å². The van der Waals surface area contributed by atoms with E-state index in [1.807, 2.05) is 0 Å². The molecule has 0 atom stereocenters. The Balaban J connectivity index is 4.41. The zero-order valence-corrected chi connectivity index (χ0v) is 8.83. The molecule has 0 aromatic carbocycles. The molecule has 0 fully saturated rings. The molecule has 0 bridgehead atoms. The highest BCUT2D eigenvalue weighted by Gasteiger charge is 2.15. The van der Waals surface area contributed by atoms with Crippen LogP contribution in [0.3, 0.4) is 0 Å². The predicted octanol–water partition coefficient (Wildman–Crippen LogP) is -0.862. The van der Waals surface area contributed by atoms with E-state index in [4.69, 9.17) is 0 Å². The number of carbonyl (C=O) groups excluding carboxylic acids is 1. The van der Waals surface area contributed by atoms with Gasteiger partial charge in [-0.1, -0.05) is 5.16 Å². The lowest BCUT2D eigenvalue weighted by Gasteiger charge is -2.02. The minimum Gasteiger partial charge on any atom is -0.464 e. The summed E-state index contributed by atoms with van der Waals surface area (Å²) < 4.78 is 29.8. The Morgan fingerprint density at radius 3 is 2.29 bits per heavy atom. The third kappa shape index (κ3) is 5.49. The van der Waals surface area contributed by atoms with Gasteiger partial charge in [0.25, 0.3) is 10.1 Å². The number of esters is 1. The SMILES string of the molecule is CON=C(COS(C)(=O)=O)C(=O)OC. The van der Waals surface area contributed by atoms with Crippen molar-refractivity contribution in [1.82, 2.24) is 0 Å². The Labute approximate surface area is 81.7 Å². The average molecular weight is 225 g/mol. The molecule has 0 amide bonds. The molecule has 0 radical (unpaired) electrons. The van der Waals surface area contributed by atoms with E-state index < -0.39 is 22.7 Å². The van der Waals surface area contributed by atoms with Gasteiger partial charge in [-0.05, 0) is 0 Å². The van der Waals surface area contributed by atoms with Crippen LogP contribution in [0, 0.1) is 0 Å². The first-order valence-corrected chi connectivity index (χ1v) is 5.25. The lowest BCUT2D eigenvalue weighted by Crippen LogP contribution is -2.23. The molecule has 7 nitrogen and oxygen atoms in total. The molecule has 0 saturated heterocycles. The lowest BCUT2D eigenvalue weighted by atomic mass is 10.4. The number of hydrogen-bond acceptors (Lipinski definition) is 7. The highest BCUT2D eigenvalue weighted by Crippen LogP contribution is 1.92. The average Bonchev–Trinajstić information content (AvgIpc) is 2.09. The van der Waals surface area contributed by atoms with E-state index in [1.165, 1.54) is 7.11 Å². The van der Waals surface area contributed by atoms with Crippen LogP contribution in [0.25, 0.3) is 0 Å². The van der Waals surface area contributed by atoms with Crippen molar-refractivity contribution in [2.24, 2.45) is 5.16 Å². The van der Waals surface area contributed by atoms with Crippen LogP contribution in [0.2, 0.25) is 0 Å². The minimum absolute atomic E-state index is 0.263. The van der Waals surface area contributed by atoms with Crippen LogP contribution in [-0.4, -0.2) is 47.2 Å². The molecule has 0 unspecified atom stereocenters. The lowest BCUT2D eigenvalue weighted by molar-refractivity contribution is -0.133. The van der Waals surface area contributed by atoms with Gasteiger partial charge in [0, 0.05) is 0 Å². The maximum atomic E-state index is 10.9. The summed E-state index contributed by atoms with van der Waals surface area (Å²) in [7, 11) is -1.28. The number of hydrogen-bond donors (Lipinski definition) is 0. The van der Waals surface area contributed by atoms with Crippen molar-refractivity contribution < 1.29 is 27.0 Å². The Kier molecular flexibility index (Phi) is 5.10. The smallest absolute Gasteiger partial charge is 0.358 e. The van der Waals surface area contributed by atoms with Gasteiger partial charge in [0.15, 0.2) is 5.71 Å². The molecule has 82 valence electrons. The second kappa shape index (κ2) is 5.55. The van der Waals surface area contributed by atoms with Gasteiger partial charge in [0.1, 0.15) is 13.7 Å². The molecule has 14 heavy (non-hydrogen) atoms. The van der Waals surface area contributed by atoms with Crippen LogP contribution in [0.4, 0.5) is 0 Å². The number of ether oxygens (including phenoxy) is 1. The van der Waals surface area contributed by atoms with E-state index >= 15 is 0 Å². The van der Waals surface area contributed by atoms with Gasteiger partial charge in [0.05, 0.1) is 13.4 Å². The largest absolute Gasteiger partial charge is 0.464 e. The molecule has 0 aromatic heterocycles. The summed E-state index contributed by atoms with van der Waals surface area (Å²) in [5.74, 6) is -0.810. The molecule has 0 saturated carbocycles. The quantitative estimate of drug-likeness (QED) is 0.261. The first-order chi connectivity index (χ1) is 6.40. The molecule has 0 spiro atoms. The minimum atomic E-state index is -3.62. The predicted molar refractivity (Wildman–Crippen MR) is 47.3 cm³/mol. The summed E-state index contributed by atoms with van der Waals surface area (Å²) in [6.07, 6.45) is 0.856. The molecule has 0 aliphatic heterocycles. The maximum absolute atomic E-state index is 10.9. The third-order valence-corrected chi connectivity index (χ3v) is 1.58. The van der Waals surface area contributed by atoms with Gasteiger partial charge < -0.3 is 9.57 Å². The standard InChI is InChI=1S/C6H11NO6S/c1-11-6(8)5(7-12-2)4-13-14(3,9)10/h4H2,1-3H3. The number of oxime groups is 1. The molecule has 0 aliphatic carbocycles. The van der Waals surface area contributed by atoms with Crippen molar-refractivity contribution in [3.63, 3.8) is 0 Å². The summed E-state index contributed by atoms with van der Waals surface area (Å²) in [6.45, 7) is -0.515. The van der Waals surface area contributed by atoms with Crippen molar-refractivity contribution in [3.05, 3.63) is 0 Å². The number of methoxy groups -OCH3 is 1. The Morgan fingerprint density at radius 2 is 1.93 bits per heavy atom. The van der Waals surface area contributed by atoms with E-state index in [0.717, 1.165) is 13.4 Å². The summed E-state index contributed by atoms with van der Waals surface area (Å²) in [5.41, 5.74) is -0.263. The monoisotopic (exact) mass is 225 g/mol. The highest BCUT2D eigenvalue weighted by atomic mass is 32.2. The van der Waals surface area contributed by atoms with Crippen molar-refractivity contribution in [2.45, 2.75) is 0 Å². The summed E-state index contributed by atoms with van der Waals surface area (Å²) >= 11 is 0. The van der Waals surface area contributed by atoms with Crippen molar-refractivity contribution >= 4 is 21.8 Å². The van der Waals surface area contributed by atoms with E-state index in [-0.39, 0.29) is 5.71 Å². The van der Waals surface area contributed by atoms with Crippen LogP contribution < -0.4 is 0 Å². The van der Waals surface area contributed by atoms with Crippen LogP contribution in [0.1, 0.15) is 0 Å². The van der Waals surface area contributed by atoms with Gasteiger partial charge in [-0.15, -0.1) is 0 Å². The van der Waals surface area contributed by atoms with E-state index in [0.29, 0.717) is 0 Å². The van der Waals surface area contributed by atoms with Crippen LogP contribution >= 0.6 is 0 Å².